The normalized spacial score (nSPS) is 22.8. The largest absolute Gasteiger partial charge is 0.494 e. The van der Waals surface area contributed by atoms with Crippen LogP contribution in [0.2, 0.25) is 0 Å². The molecule has 4 aliphatic rings. The second-order valence-corrected chi connectivity index (χ2v) is 11.5. The zero-order valence-corrected chi connectivity index (χ0v) is 23.4. The van der Waals surface area contributed by atoms with Crippen molar-refractivity contribution in [2.24, 2.45) is 11.8 Å². The van der Waals surface area contributed by atoms with Gasteiger partial charge in [0, 0.05) is 29.4 Å². The Morgan fingerprint density at radius 2 is 1.63 bits per heavy atom. The molecule has 0 spiro atoms. The first-order valence-corrected chi connectivity index (χ1v) is 14.7. The van der Waals surface area contributed by atoms with Crippen molar-refractivity contribution in [3.63, 3.8) is 0 Å². The van der Waals surface area contributed by atoms with E-state index < -0.39 is 11.7 Å². The van der Waals surface area contributed by atoms with Crippen LogP contribution in [0, 0.1) is 11.8 Å². The molecule has 8 heteroatoms. The first kappa shape index (κ1) is 27.5. The molecule has 2 unspecified atom stereocenters. The molecule has 3 aliphatic carbocycles. The summed E-state index contributed by atoms with van der Waals surface area (Å²) in [5, 5.41) is 5.93. The van der Waals surface area contributed by atoms with Gasteiger partial charge in [0.2, 0.25) is 0 Å². The van der Waals surface area contributed by atoms with Gasteiger partial charge in [-0.05, 0) is 104 Å². The standard InChI is InChI=1S/C33H36F3N3O2/c1-3-41-27-18-20(2)29-28(19-27)39(26-8-5-9-26)31(30(29)21-10-14-23(15-11-21)33(34,35)36)22-12-16-25(17-13-22)38-32(40)37-24-6-4-7-24/h10-20,24,26,29H,3-9H2,1-2H3,(H2,37,38,40). The van der Waals surface area contributed by atoms with Crippen LogP contribution in [-0.4, -0.2) is 29.6 Å². The Bertz CT molecular complexity index is 1380. The highest BCUT2D eigenvalue weighted by Gasteiger charge is 2.45. The summed E-state index contributed by atoms with van der Waals surface area (Å²) in [7, 11) is 0. The fraction of sp³-hybridized carbons (Fsp3) is 0.424. The zero-order valence-electron chi connectivity index (χ0n) is 23.4. The van der Waals surface area contributed by atoms with E-state index in [1.807, 2.05) is 31.2 Å². The lowest BCUT2D eigenvalue weighted by molar-refractivity contribution is -0.137. The SMILES string of the molecule is CCOC1=CC(C)C2C(=C1)N(C1CCC1)C(c1ccc(NC(=O)NC3CCC3)cc1)=C2c1ccc(C(F)(F)F)cc1. The van der Waals surface area contributed by atoms with E-state index in [9.17, 15) is 18.0 Å². The highest BCUT2D eigenvalue weighted by molar-refractivity contribution is 5.97. The number of hydrogen-bond acceptors (Lipinski definition) is 3. The van der Waals surface area contributed by atoms with Crippen LogP contribution in [0.15, 0.2) is 72.1 Å². The summed E-state index contributed by atoms with van der Waals surface area (Å²) in [6.07, 6.45) is 6.26. The molecule has 2 aromatic rings. The number of urea groups is 1. The molecule has 0 bridgehead atoms. The third kappa shape index (κ3) is 5.36. The predicted octanol–water partition coefficient (Wildman–Crippen LogP) is 8.19. The third-order valence-corrected chi connectivity index (χ3v) is 8.78. The second kappa shape index (κ2) is 11.0. The lowest BCUT2D eigenvalue weighted by Crippen LogP contribution is -2.41. The Labute approximate surface area is 239 Å². The molecule has 2 atom stereocenters. The molecule has 2 amide bonds. The highest BCUT2D eigenvalue weighted by atomic mass is 19.4. The number of fused-ring (bicyclic) bond motifs is 1. The quantitative estimate of drug-likeness (QED) is 0.357. The van der Waals surface area contributed by atoms with Gasteiger partial charge in [-0.15, -0.1) is 0 Å². The molecule has 216 valence electrons. The van der Waals surface area contributed by atoms with Gasteiger partial charge >= 0.3 is 12.2 Å². The maximum Gasteiger partial charge on any atom is 0.416 e. The van der Waals surface area contributed by atoms with Gasteiger partial charge in [0.15, 0.2) is 0 Å². The summed E-state index contributed by atoms with van der Waals surface area (Å²) in [5.74, 6) is 0.906. The molecular weight excluding hydrogens is 527 g/mol. The van der Waals surface area contributed by atoms with Gasteiger partial charge in [-0.1, -0.05) is 31.2 Å². The van der Waals surface area contributed by atoms with Crippen LogP contribution in [0.5, 0.6) is 0 Å². The number of benzene rings is 2. The fourth-order valence-electron chi connectivity index (χ4n) is 6.31. The Morgan fingerprint density at radius 3 is 2.20 bits per heavy atom. The first-order chi connectivity index (χ1) is 19.7. The average molecular weight is 564 g/mol. The molecule has 2 N–H and O–H groups in total. The maximum atomic E-state index is 13.4. The minimum absolute atomic E-state index is 0.0161. The van der Waals surface area contributed by atoms with E-state index in [0.717, 1.165) is 72.4 Å². The minimum atomic E-state index is -4.39. The van der Waals surface area contributed by atoms with E-state index >= 15 is 0 Å². The molecule has 2 saturated carbocycles. The van der Waals surface area contributed by atoms with Gasteiger partial charge in [-0.25, -0.2) is 4.79 Å². The van der Waals surface area contributed by atoms with Gasteiger partial charge in [0.05, 0.1) is 17.9 Å². The van der Waals surface area contributed by atoms with Crippen molar-refractivity contribution in [3.05, 3.63) is 88.8 Å². The van der Waals surface area contributed by atoms with Crippen LogP contribution in [0.4, 0.5) is 23.7 Å². The number of halogens is 3. The van der Waals surface area contributed by atoms with Crippen LogP contribution < -0.4 is 10.6 Å². The smallest absolute Gasteiger partial charge is 0.416 e. The molecule has 1 heterocycles. The van der Waals surface area contributed by atoms with Crippen LogP contribution in [-0.2, 0) is 10.9 Å². The predicted molar refractivity (Wildman–Crippen MR) is 154 cm³/mol. The van der Waals surface area contributed by atoms with Crippen molar-refractivity contribution in [1.29, 1.82) is 0 Å². The van der Waals surface area contributed by atoms with Gasteiger partial charge < -0.3 is 20.3 Å². The van der Waals surface area contributed by atoms with Gasteiger partial charge in [0.1, 0.15) is 5.76 Å². The van der Waals surface area contributed by atoms with Crippen molar-refractivity contribution >= 4 is 23.0 Å². The Balaban J connectivity index is 1.42. The van der Waals surface area contributed by atoms with E-state index in [1.54, 1.807) is 12.1 Å². The van der Waals surface area contributed by atoms with Crippen molar-refractivity contribution in [3.8, 4) is 0 Å². The van der Waals surface area contributed by atoms with Gasteiger partial charge in [-0.3, -0.25) is 0 Å². The number of anilines is 1. The van der Waals surface area contributed by atoms with Crippen molar-refractivity contribution in [2.75, 3.05) is 11.9 Å². The minimum Gasteiger partial charge on any atom is -0.494 e. The highest BCUT2D eigenvalue weighted by Crippen LogP contribution is 2.55. The zero-order chi connectivity index (χ0) is 28.7. The molecule has 41 heavy (non-hydrogen) atoms. The summed E-state index contributed by atoms with van der Waals surface area (Å²) < 4.78 is 46.3. The molecule has 0 saturated heterocycles. The molecule has 1 aliphatic heterocycles. The van der Waals surface area contributed by atoms with Crippen LogP contribution in [0.3, 0.4) is 0 Å². The summed E-state index contributed by atoms with van der Waals surface area (Å²) in [6.45, 7) is 4.68. The number of ether oxygens (including phenoxy) is 1. The maximum absolute atomic E-state index is 13.4. The molecule has 5 nitrogen and oxygen atoms in total. The van der Waals surface area contributed by atoms with Crippen LogP contribution in [0.25, 0.3) is 11.3 Å². The van der Waals surface area contributed by atoms with E-state index in [4.69, 9.17) is 4.74 Å². The number of hydrogen-bond donors (Lipinski definition) is 2. The van der Waals surface area contributed by atoms with Crippen molar-refractivity contribution < 1.29 is 22.7 Å². The molecular formula is C33H36F3N3O2. The van der Waals surface area contributed by atoms with Crippen molar-refractivity contribution in [2.45, 2.75) is 70.6 Å². The van der Waals surface area contributed by atoms with Gasteiger partial charge in [-0.2, -0.15) is 13.2 Å². The molecule has 6 rings (SSSR count). The summed E-state index contributed by atoms with van der Waals surface area (Å²) in [6, 6.07) is 13.7. The van der Waals surface area contributed by atoms with Crippen LogP contribution in [0.1, 0.15) is 69.1 Å². The van der Waals surface area contributed by atoms with E-state index in [1.165, 1.54) is 12.1 Å². The van der Waals surface area contributed by atoms with E-state index in [0.29, 0.717) is 18.3 Å². The summed E-state index contributed by atoms with van der Waals surface area (Å²) in [5.41, 5.74) is 4.98. The van der Waals surface area contributed by atoms with E-state index in [2.05, 4.69) is 34.6 Å². The number of amides is 2. The average Bonchev–Trinajstić information content (AvgIpc) is 3.21. The monoisotopic (exact) mass is 563 g/mol. The number of nitrogens with zero attached hydrogens (tertiary/aromatic N) is 1. The topological polar surface area (TPSA) is 53.6 Å². The van der Waals surface area contributed by atoms with Crippen molar-refractivity contribution in [1.82, 2.24) is 10.2 Å². The molecule has 2 aromatic carbocycles. The number of nitrogens with one attached hydrogen (secondary N) is 2. The Morgan fingerprint density at radius 1 is 0.976 bits per heavy atom. The molecule has 0 radical (unpaired) electrons. The first-order valence-electron chi connectivity index (χ1n) is 14.7. The number of alkyl halides is 3. The summed E-state index contributed by atoms with van der Waals surface area (Å²) >= 11 is 0. The Hall–Kier alpha value is -3.68. The third-order valence-electron chi connectivity index (χ3n) is 8.78. The lowest BCUT2D eigenvalue weighted by atomic mass is 9.79. The van der Waals surface area contributed by atoms with Gasteiger partial charge in [0.25, 0.3) is 0 Å². The molecule has 2 fully saturated rings. The Kier molecular flexibility index (Phi) is 7.34. The summed E-state index contributed by atoms with van der Waals surface area (Å²) in [4.78, 5) is 14.8. The molecule has 0 aromatic heterocycles. The fourth-order valence-corrected chi connectivity index (χ4v) is 6.31. The number of carbonyl (C=O) groups excluding carboxylic acids is 1. The number of allylic oxidation sites excluding steroid dienone is 3. The second-order valence-electron chi connectivity index (χ2n) is 11.5. The number of rotatable bonds is 7. The number of carbonyl (C=O) groups is 1. The van der Waals surface area contributed by atoms with Crippen LogP contribution >= 0.6 is 0 Å². The van der Waals surface area contributed by atoms with E-state index in [-0.39, 0.29) is 23.9 Å². The lowest BCUT2D eigenvalue weighted by Gasteiger charge is -2.41.